The Labute approximate surface area is 151 Å². The first-order valence-corrected chi connectivity index (χ1v) is 8.60. The van der Waals surface area contributed by atoms with Crippen molar-refractivity contribution in [3.05, 3.63) is 70.8 Å². The lowest BCUT2D eigenvalue weighted by Gasteiger charge is -2.20. The highest BCUT2D eigenvalue weighted by atomic mass is 19.4. The second-order valence-electron chi connectivity index (χ2n) is 5.96. The molecule has 2 aromatic carbocycles. The summed E-state index contributed by atoms with van der Waals surface area (Å²) in [6, 6.07) is 12.5. The number of amides is 1. The Hall–Kier alpha value is -2.34. The van der Waals surface area contributed by atoms with E-state index in [1.807, 2.05) is 24.3 Å². The summed E-state index contributed by atoms with van der Waals surface area (Å²) in [5.74, 6) is -0.726. The Morgan fingerprint density at radius 2 is 1.54 bits per heavy atom. The molecule has 0 aliphatic carbocycles. The topological polar surface area (TPSA) is 32.3 Å². The molecule has 0 bridgehead atoms. The van der Waals surface area contributed by atoms with Crippen LogP contribution in [0, 0.1) is 0 Å². The standard InChI is InChI=1S/C20H23F3N2O/c1-3-25(4-2)14-16-10-6-5-9-15(16)13-24-19(26)17-11-7-8-12-18(17)20(21,22)23/h5-12H,3-4,13-14H2,1-2H3,(H,24,26). The molecule has 1 amide bonds. The summed E-state index contributed by atoms with van der Waals surface area (Å²) in [4.78, 5) is 14.5. The minimum Gasteiger partial charge on any atom is -0.348 e. The predicted octanol–water partition coefficient (Wildman–Crippen LogP) is 4.48. The van der Waals surface area contributed by atoms with Gasteiger partial charge in [0, 0.05) is 13.1 Å². The minimum absolute atomic E-state index is 0.183. The van der Waals surface area contributed by atoms with Gasteiger partial charge in [-0.15, -0.1) is 0 Å². The molecule has 0 heterocycles. The van der Waals surface area contributed by atoms with Gasteiger partial charge in [-0.3, -0.25) is 9.69 Å². The van der Waals surface area contributed by atoms with Crippen LogP contribution < -0.4 is 5.32 Å². The van der Waals surface area contributed by atoms with Gasteiger partial charge in [-0.1, -0.05) is 50.2 Å². The zero-order chi connectivity index (χ0) is 19.2. The number of hydrogen-bond donors (Lipinski definition) is 1. The van der Waals surface area contributed by atoms with E-state index in [-0.39, 0.29) is 12.1 Å². The Morgan fingerprint density at radius 1 is 0.962 bits per heavy atom. The van der Waals surface area contributed by atoms with Gasteiger partial charge in [0.25, 0.3) is 5.91 Å². The molecule has 2 aromatic rings. The van der Waals surface area contributed by atoms with Crippen LogP contribution in [0.3, 0.4) is 0 Å². The molecule has 0 aromatic heterocycles. The number of halogens is 3. The average molecular weight is 364 g/mol. The lowest BCUT2D eigenvalue weighted by atomic mass is 10.0. The Balaban J connectivity index is 2.14. The van der Waals surface area contributed by atoms with Crippen molar-refractivity contribution in [1.29, 1.82) is 0 Å². The van der Waals surface area contributed by atoms with E-state index in [9.17, 15) is 18.0 Å². The van der Waals surface area contributed by atoms with Crippen LogP contribution in [0.2, 0.25) is 0 Å². The highest BCUT2D eigenvalue weighted by molar-refractivity contribution is 5.95. The summed E-state index contributed by atoms with van der Waals surface area (Å²) in [6.45, 7) is 6.86. The Morgan fingerprint density at radius 3 is 2.15 bits per heavy atom. The number of nitrogens with zero attached hydrogens (tertiary/aromatic N) is 1. The van der Waals surface area contributed by atoms with E-state index < -0.39 is 17.6 Å². The minimum atomic E-state index is -4.56. The first-order valence-electron chi connectivity index (χ1n) is 8.60. The SMILES string of the molecule is CCN(CC)Cc1ccccc1CNC(=O)c1ccccc1C(F)(F)F. The van der Waals surface area contributed by atoms with Gasteiger partial charge in [0.05, 0.1) is 11.1 Å². The van der Waals surface area contributed by atoms with Crippen molar-refractivity contribution in [1.82, 2.24) is 10.2 Å². The van der Waals surface area contributed by atoms with E-state index in [1.54, 1.807) is 0 Å². The molecule has 3 nitrogen and oxygen atoms in total. The maximum absolute atomic E-state index is 13.1. The molecule has 6 heteroatoms. The van der Waals surface area contributed by atoms with Crippen molar-refractivity contribution < 1.29 is 18.0 Å². The Kier molecular flexibility index (Phi) is 6.80. The van der Waals surface area contributed by atoms with Gasteiger partial charge >= 0.3 is 6.18 Å². The molecule has 1 N–H and O–H groups in total. The van der Waals surface area contributed by atoms with Crippen molar-refractivity contribution in [2.45, 2.75) is 33.1 Å². The summed E-state index contributed by atoms with van der Waals surface area (Å²) >= 11 is 0. The van der Waals surface area contributed by atoms with Gasteiger partial charge in [0.15, 0.2) is 0 Å². The zero-order valence-corrected chi connectivity index (χ0v) is 14.9. The summed E-state index contributed by atoms with van der Waals surface area (Å²) in [5, 5.41) is 2.62. The number of benzene rings is 2. The number of hydrogen-bond acceptors (Lipinski definition) is 2. The van der Waals surface area contributed by atoms with E-state index in [0.717, 1.165) is 36.8 Å². The maximum Gasteiger partial charge on any atom is 0.417 e. The lowest BCUT2D eigenvalue weighted by molar-refractivity contribution is -0.137. The summed E-state index contributed by atoms with van der Waals surface area (Å²) < 4.78 is 39.2. The van der Waals surface area contributed by atoms with Gasteiger partial charge in [0.2, 0.25) is 0 Å². The van der Waals surface area contributed by atoms with Crippen molar-refractivity contribution >= 4 is 5.91 Å². The largest absolute Gasteiger partial charge is 0.417 e. The lowest BCUT2D eigenvalue weighted by Crippen LogP contribution is -2.27. The molecular weight excluding hydrogens is 341 g/mol. The van der Waals surface area contributed by atoms with Gasteiger partial charge in [-0.05, 0) is 36.3 Å². The second-order valence-corrected chi connectivity index (χ2v) is 5.96. The number of nitrogens with one attached hydrogen (secondary N) is 1. The number of carbonyl (C=O) groups is 1. The highest BCUT2D eigenvalue weighted by Gasteiger charge is 2.34. The third-order valence-electron chi connectivity index (χ3n) is 4.32. The smallest absolute Gasteiger partial charge is 0.348 e. The van der Waals surface area contributed by atoms with Crippen LogP contribution in [0.1, 0.15) is 40.9 Å². The van der Waals surface area contributed by atoms with E-state index >= 15 is 0 Å². The van der Waals surface area contributed by atoms with E-state index in [2.05, 4.69) is 24.1 Å². The van der Waals surface area contributed by atoms with Crippen molar-refractivity contribution in [3.8, 4) is 0 Å². The molecule has 26 heavy (non-hydrogen) atoms. The van der Waals surface area contributed by atoms with Crippen LogP contribution in [0.15, 0.2) is 48.5 Å². The van der Waals surface area contributed by atoms with Crippen LogP contribution in [-0.2, 0) is 19.3 Å². The normalized spacial score (nSPS) is 11.6. The summed E-state index contributed by atoms with van der Waals surface area (Å²) in [7, 11) is 0. The van der Waals surface area contributed by atoms with E-state index in [1.165, 1.54) is 18.2 Å². The molecule has 0 spiro atoms. The van der Waals surface area contributed by atoms with Gasteiger partial charge in [0.1, 0.15) is 0 Å². The molecule has 0 saturated carbocycles. The van der Waals surface area contributed by atoms with Crippen molar-refractivity contribution in [2.24, 2.45) is 0 Å². The van der Waals surface area contributed by atoms with Crippen molar-refractivity contribution in [3.63, 3.8) is 0 Å². The van der Waals surface area contributed by atoms with Crippen LogP contribution in [-0.4, -0.2) is 23.9 Å². The molecule has 2 rings (SSSR count). The second kappa shape index (κ2) is 8.85. The third kappa shape index (κ3) is 5.08. The summed E-state index contributed by atoms with van der Waals surface area (Å²) in [6.07, 6.45) is -4.56. The molecule has 0 radical (unpaired) electrons. The van der Waals surface area contributed by atoms with E-state index in [0.29, 0.717) is 0 Å². The molecule has 0 unspecified atom stereocenters. The molecule has 0 saturated heterocycles. The first-order chi connectivity index (χ1) is 12.4. The monoisotopic (exact) mass is 364 g/mol. The molecular formula is C20H23F3N2O. The number of carbonyl (C=O) groups excluding carboxylic acids is 1. The van der Waals surface area contributed by atoms with Crippen LogP contribution in [0.25, 0.3) is 0 Å². The van der Waals surface area contributed by atoms with Crippen LogP contribution >= 0.6 is 0 Å². The molecule has 140 valence electrons. The fourth-order valence-electron chi connectivity index (χ4n) is 2.77. The predicted molar refractivity (Wildman–Crippen MR) is 95.7 cm³/mol. The Bertz CT molecular complexity index is 740. The molecule has 0 aliphatic heterocycles. The summed E-state index contributed by atoms with van der Waals surface area (Å²) in [5.41, 5.74) is 0.674. The number of rotatable bonds is 7. The fraction of sp³-hybridized carbons (Fsp3) is 0.350. The van der Waals surface area contributed by atoms with Crippen molar-refractivity contribution in [2.75, 3.05) is 13.1 Å². The average Bonchev–Trinajstić information content (AvgIpc) is 2.64. The quantitative estimate of drug-likeness (QED) is 0.786. The zero-order valence-electron chi connectivity index (χ0n) is 14.9. The van der Waals surface area contributed by atoms with Gasteiger partial charge in [-0.2, -0.15) is 13.2 Å². The molecule has 0 atom stereocenters. The first kappa shape index (κ1) is 20.0. The fourth-order valence-corrected chi connectivity index (χ4v) is 2.77. The van der Waals surface area contributed by atoms with E-state index in [4.69, 9.17) is 0 Å². The highest BCUT2D eigenvalue weighted by Crippen LogP contribution is 2.31. The van der Waals surface area contributed by atoms with Gasteiger partial charge < -0.3 is 5.32 Å². The van der Waals surface area contributed by atoms with Crippen LogP contribution in [0.4, 0.5) is 13.2 Å². The molecule has 0 aliphatic rings. The van der Waals surface area contributed by atoms with Crippen LogP contribution in [0.5, 0.6) is 0 Å². The van der Waals surface area contributed by atoms with Gasteiger partial charge in [-0.25, -0.2) is 0 Å². The molecule has 0 fully saturated rings. The number of alkyl halides is 3. The maximum atomic E-state index is 13.1. The third-order valence-corrected chi connectivity index (χ3v) is 4.32.